The molecule has 2 atom stereocenters. The zero-order valence-corrected chi connectivity index (χ0v) is 16.9. The molecule has 164 valence electrons. The van der Waals surface area contributed by atoms with Crippen LogP contribution in [0.4, 0.5) is 0 Å². The molecule has 0 bridgehead atoms. The Balaban J connectivity index is 1.47. The lowest BCUT2D eigenvalue weighted by Crippen LogP contribution is -2.53. The average molecular weight is 419 g/mol. The molecule has 1 unspecified atom stereocenters. The first kappa shape index (κ1) is 22.5. The van der Waals surface area contributed by atoms with Crippen LogP contribution in [-0.4, -0.2) is 65.4 Å². The molecule has 1 heterocycles. The molecule has 0 radical (unpaired) electrons. The predicted octanol–water partition coefficient (Wildman–Crippen LogP) is -0.318. The Labute approximate surface area is 176 Å². The van der Waals surface area contributed by atoms with Crippen LogP contribution in [0.5, 0.6) is 5.75 Å². The molecule has 3 rings (SSSR count). The number of aliphatic hydroxyl groups excluding tert-OH is 1. The zero-order valence-electron chi connectivity index (χ0n) is 16.9. The topological polar surface area (TPSA) is 154 Å². The summed E-state index contributed by atoms with van der Waals surface area (Å²) in [5, 5.41) is 34.7. The largest absolute Gasteiger partial charge is 0.547 e. The Kier molecular flexibility index (Phi) is 7.71. The van der Waals surface area contributed by atoms with E-state index in [0.29, 0.717) is 31.0 Å². The van der Waals surface area contributed by atoms with Gasteiger partial charge in [-0.25, -0.2) is 4.79 Å². The second-order valence-corrected chi connectivity index (χ2v) is 8.26. The van der Waals surface area contributed by atoms with E-state index >= 15 is 0 Å². The Hall–Kier alpha value is -2.14. The van der Waals surface area contributed by atoms with Gasteiger partial charge in [0.2, 0.25) is 5.91 Å². The van der Waals surface area contributed by atoms with Crippen LogP contribution in [0.3, 0.4) is 0 Å². The number of para-hydroxylation sites is 1. The molecule has 1 aromatic rings. The Morgan fingerprint density at radius 1 is 1.27 bits per heavy atom. The average Bonchev–Trinajstić information content (AvgIpc) is 2.73. The summed E-state index contributed by atoms with van der Waals surface area (Å²) in [6, 6.07) is 4.89. The number of amides is 1. The maximum Gasteiger partial charge on any atom is 0.547 e. The van der Waals surface area contributed by atoms with E-state index in [4.69, 9.17) is 15.5 Å². The van der Waals surface area contributed by atoms with Gasteiger partial charge in [0.25, 0.3) is 0 Å². The minimum Gasteiger partial charge on any atom is -0.534 e. The zero-order chi connectivity index (χ0) is 21.7. The highest BCUT2D eigenvalue weighted by Gasteiger charge is 2.38. The summed E-state index contributed by atoms with van der Waals surface area (Å²) < 4.78 is 5.42. The summed E-state index contributed by atoms with van der Waals surface area (Å²) in [5.74, 6) is -1.44. The number of nitrogens with two attached hydrogens (primary N) is 1. The maximum absolute atomic E-state index is 12.5. The number of benzene rings is 1. The van der Waals surface area contributed by atoms with Crippen LogP contribution in [0, 0.1) is 5.92 Å². The smallest absolute Gasteiger partial charge is 0.534 e. The molecule has 30 heavy (non-hydrogen) atoms. The number of rotatable bonds is 8. The molecule has 1 aliphatic carbocycles. The van der Waals surface area contributed by atoms with E-state index < -0.39 is 19.0 Å². The lowest BCUT2D eigenvalue weighted by atomic mass is 9.72. The number of hydrogen-bond acceptors (Lipinski definition) is 7. The maximum atomic E-state index is 12.5. The van der Waals surface area contributed by atoms with Crippen molar-refractivity contribution in [2.75, 3.05) is 13.2 Å². The highest BCUT2D eigenvalue weighted by Crippen LogP contribution is 2.31. The van der Waals surface area contributed by atoms with E-state index in [9.17, 15) is 19.7 Å². The van der Waals surface area contributed by atoms with Crippen molar-refractivity contribution in [3.63, 3.8) is 0 Å². The lowest BCUT2D eigenvalue weighted by Gasteiger charge is -2.31. The van der Waals surface area contributed by atoms with E-state index in [2.05, 4.69) is 10.6 Å². The van der Waals surface area contributed by atoms with Crippen molar-refractivity contribution in [3.05, 3.63) is 29.3 Å². The molecule has 7 N–H and O–H groups in total. The fraction of sp³-hybridized carbons (Fsp3) is 0.600. The molecule has 1 saturated carbocycles. The van der Waals surface area contributed by atoms with E-state index in [1.807, 2.05) is 0 Å². The first-order chi connectivity index (χ1) is 14.4. The number of carbonyl (C=O) groups excluding carboxylic acids is 1. The van der Waals surface area contributed by atoms with Gasteiger partial charge in [-0.15, -0.1) is 0 Å². The van der Waals surface area contributed by atoms with Crippen LogP contribution >= 0.6 is 0 Å². The van der Waals surface area contributed by atoms with Gasteiger partial charge in [-0.05, 0) is 49.7 Å². The highest BCUT2D eigenvalue weighted by atomic mass is 16.5. The summed E-state index contributed by atoms with van der Waals surface area (Å²) in [6.45, 7) is 0.540. The number of aliphatic hydroxyl groups is 1. The van der Waals surface area contributed by atoms with Gasteiger partial charge < -0.3 is 36.3 Å². The Morgan fingerprint density at radius 3 is 2.67 bits per heavy atom. The van der Waals surface area contributed by atoms with Gasteiger partial charge in [0.05, 0.1) is 18.1 Å². The summed E-state index contributed by atoms with van der Waals surface area (Å²) in [5.41, 5.74) is 6.36. The number of carbonyl (C=O) groups is 2. The molecule has 1 aliphatic heterocycles. The van der Waals surface area contributed by atoms with Crippen molar-refractivity contribution < 1.29 is 29.5 Å². The van der Waals surface area contributed by atoms with Gasteiger partial charge in [0, 0.05) is 25.0 Å². The molecule has 0 aromatic heterocycles. The van der Waals surface area contributed by atoms with Crippen molar-refractivity contribution in [2.24, 2.45) is 11.7 Å². The van der Waals surface area contributed by atoms with Gasteiger partial charge in [-0.1, -0.05) is 12.1 Å². The monoisotopic (exact) mass is 419 g/mol. The SMILES string of the molecule is NC(CO)CN[C@H]1CC[C@H](CC(=O)N[C@H]2Cc3cccc(C(=O)O)c3OB2O)CC1. The third-order valence-corrected chi connectivity index (χ3v) is 5.92. The first-order valence-electron chi connectivity index (χ1n) is 10.5. The second-order valence-electron chi connectivity index (χ2n) is 8.26. The molecule has 1 aromatic carbocycles. The minimum atomic E-state index is -1.29. The second kappa shape index (κ2) is 10.3. The number of carboxylic acid groups (broad SMARTS) is 1. The molecule has 0 saturated heterocycles. The minimum absolute atomic E-state index is 0.00152. The number of fused-ring (bicyclic) bond motifs is 1. The molecule has 1 amide bonds. The van der Waals surface area contributed by atoms with Crippen molar-refractivity contribution in [2.45, 2.75) is 56.5 Å². The third kappa shape index (κ3) is 5.72. The fourth-order valence-electron chi connectivity index (χ4n) is 4.20. The predicted molar refractivity (Wildman–Crippen MR) is 111 cm³/mol. The lowest BCUT2D eigenvalue weighted by molar-refractivity contribution is -0.122. The number of carboxylic acids is 1. The van der Waals surface area contributed by atoms with Crippen molar-refractivity contribution in [3.8, 4) is 5.75 Å². The molecule has 0 spiro atoms. The van der Waals surface area contributed by atoms with Crippen molar-refractivity contribution in [1.29, 1.82) is 0 Å². The molecule has 10 heteroatoms. The molecule has 2 aliphatic rings. The van der Waals surface area contributed by atoms with Crippen molar-refractivity contribution >= 4 is 19.0 Å². The molecule has 9 nitrogen and oxygen atoms in total. The van der Waals surface area contributed by atoms with Gasteiger partial charge in [0.1, 0.15) is 5.75 Å². The quantitative estimate of drug-likeness (QED) is 0.314. The van der Waals surface area contributed by atoms with Crippen molar-refractivity contribution in [1.82, 2.24) is 10.6 Å². The first-order valence-corrected chi connectivity index (χ1v) is 10.5. The van der Waals surface area contributed by atoms with E-state index in [-0.39, 0.29) is 35.8 Å². The van der Waals surface area contributed by atoms with Gasteiger partial charge in [-0.2, -0.15) is 0 Å². The summed E-state index contributed by atoms with van der Waals surface area (Å²) in [4.78, 5) is 23.8. The number of nitrogens with one attached hydrogen (secondary N) is 2. The normalized spacial score (nSPS) is 24.5. The van der Waals surface area contributed by atoms with E-state index in [0.717, 1.165) is 25.7 Å². The van der Waals surface area contributed by atoms with Gasteiger partial charge >= 0.3 is 13.1 Å². The van der Waals surface area contributed by atoms with Gasteiger partial charge in [-0.3, -0.25) is 4.79 Å². The Bertz CT molecular complexity index is 756. The molecular formula is C20H30BN3O6. The van der Waals surface area contributed by atoms with Gasteiger partial charge in [0.15, 0.2) is 0 Å². The number of hydrogen-bond donors (Lipinski definition) is 6. The van der Waals surface area contributed by atoms with Crippen LogP contribution in [0.25, 0.3) is 0 Å². The summed E-state index contributed by atoms with van der Waals surface area (Å²) in [7, 11) is -1.29. The van der Waals surface area contributed by atoms with E-state index in [1.165, 1.54) is 6.07 Å². The standard InChI is InChI=1S/C20H30BN3O6/c22-14(11-25)10-23-15-6-4-12(5-7-15)8-18(26)24-17-9-13-2-1-3-16(20(27)28)19(13)30-21(17)29/h1-3,12,14-15,17,23,25,29H,4-11,22H2,(H,24,26)(H,27,28)/t12-,14?,15-,17-/m0/s1. The van der Waals surface area contributed by atoms with E-state index in [1.54, 1.807) is 12.1 Å². The van der Waals surface area contributed by atoms with Crippen LogP contribution < -0.4 is 21.0 Å². The third-order valence-electron chi connectivity index (χ3n) is 5.92. The molecular weight excluding hydrogens is 389 g/mol. The number of aromatic carboxylic acids is 1. The summed E-state index contributed by atoms with van der Waals surface area (Å²) in [6.07, 6.45) is 4.45. The van der Waals surface area contributed by atoms with Crippen LogP contribution in [-0.2, 0) is 11.2 Å². The van der Waals surface area contributed by atoms with Crippen LogP contribution in [0.15, 0.2) is 18.2 Å². The fourth-order valence-corrected chi connectivity index (χ4v) is 4.20. The van der Waals surface area contributed by atoms with Crippen LogP contribution in [0.1, 0.15) is 48.0 Å². The molecule has 1 fully saturated rings. The highest BCUT2D eigenvalue weighted by molar-refractivity contribution is 6.47. The summed E-state index contributed by atoms with van der Waals surface area (Å²) >= 11 is 0. The van der Waals surface area contributed by atoms with Crippen LogP contribution in [0.2, 0.25) is 0 Å². The Morgan fingerprint density at radius 2 is 2.00 bits per heavy atom.